The summed E-state index contributed by atoms with van der Waals surface area (Å²) in [5, 5.41) is 3.69. The summed E-state index contributed by atoms with van der Waals surface area (Å²) >= 11 is 0. The quantitative estimate of drug-likeness (QED) is 0.123. The molecule has 0 atom stereocenters. The van der Waals surface area contributed by atoms with E-state index in [1.54, 1.807) is 0 Å². The molecule has 0 saturated heterocycles. The maximum absolute atomic E-state index is 6.37. The molecule has 0 saturated carbocycles. The SMILES string of the molecule is CC(C)(C)Cc1cc(-c2[c-]cccc2)ncc1[Si](C)(C)C.[Ir].[c-]1cc(-c2ccccc2)c2c(oc3ccccc32)c1-c1cc(-c2ccccc2)ccn1. The van der Waals surface area contributed by atoms with E-state index in [2.05, 4.69) is 137 Å². The monoisotopic (exact) mass is 885 g/mol. The van der Waals surface area contributed by atoms with Crippen molar-refractivity contribution in [1.82, 2.24) is 9.97 Å². The Bertz CT molecular complexity index is 2450. The molecular weight excluding hydrogens is 841 g/mol. The van der Waals surface area contributed by atoms with Gasteiger partial charge < -0.3 is 14.4 Å². The van der Waals surface area contributed by atoms with Crippen molar-refractivity contribution < 1.29 is 24.5 Å². The number of para-hydroxylation sites is 1. The van der Waals surface area contributed by atoms with E-state index in [0.717, 1.165) is 73.1 Å². The zero-order valence-corrected chi connectivity index (χ0v) is 34.6. The Morgan fingerprint density at radius 1 is 0.679 bits per heavy atom. The maximum Gasteiger partial charge on any atom is 0.120 e. The van der Waals surface area contributed by atoms with E-state index in [4.69, 9.17) is 9.40 Å². The average Bonchev–Trinajstić information content (AvgIpc) is 3.55. The van der Waals surface area contributed by atoms with Gasteiger partial charge in [0.25, 0.3) is 0 Å². The van der Waals surface area contributed by atoms with Crippen LogP contribution in [0.5, 0.6) is 0 Å². The van der Waals surface area contributed by atoms with Crippen molar-refractivity contribution in [3.63, 3.8) is 0 Å². The Morgan fingerprint density at radius 3 is 2.04 bits per heavy atom. The van der Waals surface area contributed by atoms with Crippen LogP contribution in [0.25, 0.3) is 66.7 Å². The molecule has 3 aromatic heterocycles. The van der Waals surface area contributed by atoms with Crippen LogP contribution in [0.1, 0.15) is 26.3 Å². The molecule has 3 heterocycles. The first-order chi connectivity index (χ1) is 25.0. The van der Waals surface area contributed by atoms with Crippen LogP contribution in [0.2, 0.25) is 19.6 Å². The number of rotatable bonds is 6. The first-order valence-corrected chi connectivity index (χ1v) is 21.4. The summed E-state index contributed by atoms with van der Waals surface area (Å²) in [7, 11) is -1.37. The second-order valence-corrected chi connectivity index (χ2v) is 20.6. The van der Waals surface area contributed by atoms with E-state index in [0.29, 0.717) is 0 Å². The Kier molecular flexibility index (Phi) is 11.4. The smallest absolute Gasteiger partial charge is 0.120 e. The van der Waals surface area contributed by atoms with Gasteiger partial charge in [-0.1, -0.05) is 154 Å². The second-order valence-electron chi connectivity index (χ2n) is 15.5. The van der Waals surface area contributed by atoms with E-state index in [1.807, 2.05) is 66.9 Å². The molecule has 5 heteroatoms. The number of aromatic nitrogens is 2. The van der Waals surface area contributed by atoms with Gasteiger partial charge in [-0.2, -0.15) is 0 Å². The Morgan fingerprint density at radius 2 is 1.36 bits per heavy atom. The molecule has 0 amide bonds. The minimum absolute atomic E-state index is 0. The predicted molar refractivity (Wildman–Crippen MR) is 221 cm³/mol. The fraction of sp³-hybridized carbons (Fsp3) is 0.167. The number of hydrogen-bond acceptors (Lipinski definition) is 3. The Balaban J connectivity index is 0.000000193. The van der Waals surface area contributed by atoms with E-state index in [9.17, 15) is 0 Å². The van der Waals surface area contributed by atoms with Gasteiger partial charge in [-0.3, -0.25) is 0 Å². The zero-order valence-electron chi connectivity index (χ0n) is 31.2. The molecular formula is C48H44IrN2OSi-2. The van der Waals surface area contributed by atoms with Gasteiger partial charge in [-0.25, -0.2) is 0 Å². The Labute approximate surface area is 328 Å². The van der Waals surface area contributed by atoms with Crippen molar-refractivity contribution >= 4 is 35.2 Å². The molecule has 0 aliphatic heterocycles. The van der Waals surface area contributed by atoms with Gasteiger partial charge in [0.2, 0.25) is 0 Å². The van der Waals surface area contributed by atoms with Gasteiger partial charge in [-0.05, 0) is 57.1 Å². The van der Waals surface area contributed by atoms with Crippen molar-refractivity contribution in [3.8, 4) is 44.8 Å². The van der Waals surface area contributed by atoms with Crippen molar-refractivity contribution in [2.75, 3.05) is 0 Å². The summed E-state index contributed by atoms with van der Waals surface area (Å²) in [4.78, 5) is 9.38. The number of nitrogens with zero attached hydrogens (tertiary/aromatic N) is 2. The second kappa shape index (κ2) is 16.0. The molecule has 5 aromatic carbocycles. The summed E-state index contributed by atoms with van der Waals surface area (Å²) in [5.41, 5.74) is 11.8. The van der Waals surface area contributed by atoms with Gasteiger partial charge in [-0.15, -0.1) is 48.0 Å². The summed E-state index contributed by atoms with van der Waals surface area (Å²) in [6, 6.07) is 52.2. The van der Waals surface area contributed by atoms with Crippen LogP contribution in [-0.2, 0) is 26.5 Å². The van der Waals surface area contributed by atoms with Crippen LogP contribution >= 0.6 is 0 Å². The minimum Gasteiger partial charge on any atom is -0.501 e. The summed E-state index contributed by atoms with van der Waals surface area (Å²) < 4.78 is 6.37. The fourth-order valence-corrected chi connectivity index (χ4v) is 8.35. The fourth-order valence-electron chi connectivity index (χ4n) is 6.77. The number of benzene rings is 5. The number of hydrogen-bond donors (Lipinski definition) is 0. The molecule has 0 fully saturated rings. The molecule has 0 spiro atoms. The van der Waals surface area contributed by atoms with Crippen LogP contribution in [0.4, 0.5) is 0 Å². The van der Waals surface area contributed by atoms with Gasteiger partial charge in [0.1, 0.15) is 5.58 Å². The first-order valence-electron chi connectivity index (χ1n) is 17.9. The zero-order chi connectivity index (χ0) is 36.3. The van der Waals surface area contributed by atoms with Crippen molar-refractivity contribution in [2.45, 2.75) is 46.8 Å². The molecule has 1 radical (unpaired) electrons. The third-order valence-corrected chi connectivity index (χ3v) is 11.2. The summed E-state index contributed by atoms with van der Waals surface area (Å²) in [5.74, 6) is 0. The van der Waals surface area contributed by atoms with Crippen LogP contribution in [0, 0.1) is 17.5 Å². The van der Waals surface area contributed by atoms with Crippen molar-refractivity contribution in [3.05, 3.63) is 164 Å². The van der Waals surface area contributed by atoms with Gasteiger partial charge in [0.15, 0.2) is 0 Å². The van der Waals surface area contributed by atoms with Crippen LogP contribution in [0.3, 0.4) is 0 Å². The van der Waals surface area contributed by atoms with Crippen LogP contribution < -0.4 is 5.19 Å². The number of furan rings is 1. The largest absolute Gasteiger partial charge is 0.501 e. The number of fused-ring (bicyclic) bond motifs is 3. The number of pyridine rings is 2. The predicted octanol–water partition coefficient (Wildman–Crippen LogP) is 12.5. The molecule has 8 rings (SSSR count). The topological polar surface area (TPSA) is 38.9 Å². The average molecular weight is 885 g/mol. The standard InChI is InChI=1S/C29H18NO.C19H26NSi.Ir/c1-3-9-20(10-4-1)22-17-18-30-26(19-22)24-16-15-23(21-11-5-2-6-12-21)28-25-13-7-8-14-27(25)31-29(24)28;1-19(2,3)13-16-12-17(15-10-8-7-9-11-15)20-14-18(16)21(4,5)6;/h1-15,17-19H;7-10,12,14H,13H2,1-6H3;/q2*-1;. The van der Waals surface area contributed by atoms with E-state index < -0.39 is 8.07 Å². The molecule has 0 unspecified atom stereocenters. The molecule has 267 valence electrons. The molecule has 3 nitrogen and oxygen atoms in total. The van der Waals surface area contributed by atoms with Gasteiger partial charge >= 0.3 is 0 Å². The third-order valence-electron chi connectivity index (χ3n) is 9.16. The molecule has 0 N–H and O–H groups in total. The molecule has 0 bridgehead atoms. The Hall–Kier alpha value is -4.93. The molecule has 0 aliphatic rings. The normalized spacial score (nSPS) is 11.5. The van der Waals surface area contributed by atoms with Gasteiger partial charge in [0.05, 0.1) is 13.7 Å². The third kappa shape index (κ3) is 8.66. The molecule has 8 aromatic rings. The molecule has 0 aliphatic carbocycles. The van der Waals surface area contributed by atoms with Crippen LogP contribution in [0.15, 0.2) is 150 Å². The van der Waals surface area contributed by atoms with Crippen molar-refractivity contribution in [1.29, 1.82) is 0 Å². The summed E-state index contributed by atoms with van der Waals surface area (Å²) in [6.45, 7) is 14.1. The minimum atomic E-state index is -1.37. The van der Waals surface area contributed by atoms with Crippen molar-refractivity contribution in [2.24, 2.45) is 5.41 Å². The van der Waals surface area contributed by atoms with E-state index >= 15 is 0 Å². The maximum atomic E-state index is 6.37. The molecule has 53 heavy (non-hydrogen) atoms. The van der Waals surface area contributed by atoms with E-state index in [1.165, 1.54) is 10.8 Å². The van der Waals surface area contributed by atoms with Gasteiger partial charge in [0, 0.05) is 37.9 Å². The summed E-state index contributed by atoms with van der Waals surface area (Å²) in [6.07, 6.45) is 5.06. The van der Waals surface area contributed by atoms with Crippen LogP contribution in [-0.4, -0.2) is 18.0 Å². The first kappa shape index (κ1) is 37.8. The van der Waals surface area contributed by atoms with E-state index in [-0.39, 0.29) is 25.5 Å².